The smallest absolute Gasteiger partial charge is 0.267 e. The van der Waals surface area contributed by atoms with Crippen molar-refractivity contribution < 1.29 is 22.3 Å². The molecule has 1 saturated heterocycles. The number of benzene rings is 2. The van der Waals surface area contributed by atoms with E-state index in [0.717, 1.165) is 44.3 Å². The van der Waals surface area contributed by atoms with Gasteiger partial charge in [-0.05, 0) is 74.1 Å². The number of rotatable bonds is 8. The van der Waals surface area contributed by atoms with Crippen LogP contribution in [0, 0.1) is 11.7 Å². The van der Waals surface area contributed by atoms with Crippen LogP contribution in [0.4, 0.5) is 10.1 Å². The van der Waals surface area contributed by atoms with E-state index in [0.29, 0.717) is 31.1 Å². The van der Waals surface area contributed by atoms with Crippen molar-refractivity contribution in [2.45, 2.75) is 49.7 Å². The molecule has 0 radical (unpaired) electrons. The van der Waals surface area contributed by atoms with E-state index in [-0.39, 0.29) is 11.5 Å². The summed E-state index contributed by atoms with van der Waals surface area (Å²) in [6, 6.07) is 13.1. The summed E-state index contributed by atoms with van der Waals surface area (Å²) >= 11 is 0. The molecule has 5 rings (SSSR count). The van der Waals surface area contributed by atoms with Gasteiger partial charge in [0.25, 0.3) is 5.91 Å². The summed E-state index contributed by atoms with van der Waals surface area (Å²) in [4.78, 5) is 14.9. The Labute approximate surface area is 194 Å². The second kappa shape index (κ2) is 8.97. The molecular formula is C25H29FN2O4S. The largest absolute Gasteiger partial charge is 0.493 e. The number of carbonyl (C=O) groups is 1. The third kappa shape index (κ3) is 5.16. The number of carbonyl (C=O) groups excluding carboxylic acids is 1. The van der Waals surface area contributed by atoms with Crippen molar-refractivity contribution >= 4 is 21.6 Å². The van der Waals surface area contributed by atoms with E-state index in [9.17, 15) is 17.6 Å². The van der Waals surface area contributed by atoms with Gasteiger partial charge in [0.1, 0.15) is 11.6 Å². The van der Waals surface area contributed by atoms with Gasteiger partial charge in [-0.3, -0.25) is 4.79 Å². The Morgan fingerprint density at radius 1 is 1.03 bits per heavy atom. The van der Waals surface area contributed by atoms with Crippen LogP contribution in [0.5, 0.6) is 5.75 Å². The molecule has 0 bridgehead atoms. The Morgan fingerprint density at radius 3 is 2.36 bits per heavy atom. The molecule has 176 valence electrons. The van der Waals surface area contributed by atoms with Gasteiger partial charge >= 0.3 is 0 Å². The molecule has 0 aromatic heterocycles. The van der Waals surface area contributed by atoms with Crippen LogP contribution in [-0.4, -0.2) is 39.3 Å². The number of nitrogens with zero attached hydrogens (tertiary/aromatic N) is 1. The lowest BCUT2D eigenvalue weighted by molar-refractivity contribution is 0.0977. The predicted octanol–water partition coefficient (Wildman–Crippen LogP) is 4.22. The molecule has 2 aromatic carbocycles. The van der Waals surface area contributed by atoms with Crippen LogP contribution >= 0.6 is 0 Å². The van der Waals surface area contributed by atoms with Gasteiger partial charge in [0, 0.05) is 24.8 Å². The average Bonchev–Trinajstić information content (AvgIpc) is 3.71. The molecule has 8 heteroatoms. The molecule has 0 spiro atoms. The van der Waals surface area contributed by atoms with Crippen LogP contribution in [0.15, 0.2) is 42.5 Å². The summed E-state index contributed by atoms with van der Waals surface area (Å²) < 4.78 is 47.1. The number of amides is 1. The Morgan fingerprint density at radius 2 is 1.73 bits per heavy atom. The lowest BCUT2D eigenvalue weighted by atomic mass is 9.97. The Balaban J connectivity index is 1.23. The van der Waals surface area contributed by atoms with E-state index in [1.807, 2.05) is 22.9 Å². The zero-order valence-electron chi connectivity index (χ0n) is 18.5. The molecule has 1 amide bonds. The van der Waals surface area contributed by atoms with Crippen LogP contribution in [0.1, 0.15) is 60.4 Å². The predicted molar refractivity (Wildman–Crippen MR) is 125 cm³/mol. The van der Waals surface area contributed by atoms with Crippen LogP contribution in [0.25, 0.3) is 0 Å². The maximum absolute atomic E-state index is 14.8. The molecule has 6 nitrogen and oxygen atoms in total. The maximum Gasteiger partial charge on any atom is 0.267 e. The van der Waals surface area contributed by atoms with Gasteiger partial charge in [0.15, 0.2) is 0 Å². The first-order valence-electron chi connectivity index (χ1n) is 11.7. The third-order valence-corrected chi connectivity index (χ3v) is 8.59. The van der Waals surface area contributed by atoms with Crippen LogP contribution in [0.2, 0.25) is 0 Å². The number of para-hydroxylation sites is 1. The number of sulfonamides is 1. The third-order valence-electron chi connectivity index (χ3n) is 6.77. The standard InChI is InChI=1S/C25H29FN2O4S/c26-23-15-24(32-16-17-10-12-28(13-11-17)19-4-2-1-3-5-19)21(18-6-7-18)14-22(23)25(29)27-33(30,31)20-8-9-20/h1-5,14-15,17-18,20H,6-13,16H2,(H,27,29). The van der Waals surface area contributed by atoms with E-state index in [1.54, 1.807) is 0 Å². The fourth-order valence-corrected chi connectivity index (χ4v) is 5.73. The van der Waals surface area contributed by atoms with E-state index >= 15 is 0 Å². The Bertz CT molecular complexity index is 1120. The first kappa shape index (κ1) is 22.2. The summed E-state index contributed by atoms with van der Waals surface area (Å²) in [6.07, 6.45) is 4.98. The van der Waals surface area contributed by atoms with Crippen molar-refractivity contribution in [3.05, 3.63) is 59.4 Å². The molecule has 3 aliphatic rings. The maximum atomic E-state index is 14.8. The molecule has 2 aromatic rings. The van der Waals surface area contributed by atoms with Gasteiger partial charge in [-0.1, -0.05) is 18.2 Å². The number of anilines is 1. The number of hydrogen-bond donors (Lipinski definition) is 1. The number of nitrogens with one attached hydrogen (secondary N) is 1. The zero-order chi connectivity index (χ0) is 23.0. The minimum absolute atomic E-state index is 0.229. The molecule has 33 heavy (non-hydrogen) atoms. The van der Waals surface area contributed by atoms with Crippen molar-refractivity contribution in [3.63, 3.8) is 0 Å². The molecule has 1 aliphatic heterocycles. The Hall–Kier alpha value is -2.61. The van der Waals surface area contributed by atoms with E-state index in [2.05, 4.69) is 17.0 Å². The van der Waals surface area contributed by atoms with E-state index in [4.69, 9.17) is 4.74 Å². The van der Waals surface area contributed by atoms with Gasteiger partial charge in [0.2, 0.25) is 10.0 Å². The van der Waals surface area contributed by atoms with Crippen LogP contribution < -0.4 is 14.4 Å². The first-order valence-corrected chi connectivity index (χ1v) is 13.3. The molecule has 2 aliphatic carbocycles. The molecule has 3 fully saturated rings. The topological polar surface area (TPSA) is 75.7 Å². The highest BCUT2D eigenvalue weighted by atomic mass is 32.2. The summed E-state index contributed by atoms with van der Waals surface area (Å²) in [5.41, 5.74) is 1.80. The first-order chi connectivity index (χ1) is 15.9. The van der Waals surface area contributed by atoms with Gasteiger partial charge in [-0.15, -0.1) is 0 Å². The summed E-state index contributed by atoms with van der Waals surface area (Å²) in [5, 5.41) is -0.539. The molecule has 1 heterocycles. The zero-order valence-corrected chi connectivity index (χ0v) is 19.3. The molecule has 2 saturated carbocycles. The number of halogens is 1. The van der Waals surface area contributed by atoms with Crippen LogP contribution in [-0.2, 0) is 10.0 Å². The normalized spacial score (nSPS) is 19.4. The highest BCUT2D eigenvalue weighted by Crippen LogP contribution is 2.45. The van der Waals surface area contributed by atoms with Gasteiger partial charge in [0.05, 0.1) is 17.4 Å². The monoisotopic (exact) mass is 472 g/mol. The molecule has 1 N–H and O–H groups in total. The van der Waals surface area contributed by atoms with Crippen molar-refractivity contribution in [3.8, 4) is 5.75 Å². The second-order valence-electron chi connectivity index (χ2n) is 9.40. The highest BCUT2D eigenvalue weighted by molar-refractivity contribution is 7.91. The second-order valence-corrected chi connectivity index (χ2v) is 11.4. The Kier molecular flexibility index (Phi) is 6.03. The molecule has 0 unspecified atom stereocenters. The van der Waals surface area contributed by atoms with E-state index in [1.165, 1.54) is 17.8 Å². The fourth-order valence-electron chi connectivity index (χ4n) is 4.43. The summed E-state index contributed by atoms with van der Waals surface area (Å²) in [7, 11) is -3.73. The van der Waals surface area contributed by atoms with Crippen LogP contribution in [0.3, 0.4) is 0 Å². The minimum atomic E-state index is -3.73. The minimum Gasteiger partial charge on any atom is -0.493 e. The SMILES string of the molecule is O=C(NS(=O)(=O)C1CC1)c1cc(C2CC2)c(OCC2CCN(c3ccccc3)CC2)cc1F. The number of ether oxygens (including phenoxy) is 1. The van der Waals surface area contributed by atoms with Crippen molar-refractivity contribution in [2.75, 3.05) is 24.6 Å². The number of hydrogen-bond acceptors (Lipinski definition) is 5. The van der Waals surface area contributed by atoms with Crippen molar-refractivity contribution in [1.82, 2.24) is 4.72 Å². The molecule has 0 atom stereocenters. The lowest BCUT2D eigenvalue weighted by Crippen LogP contribution is -2.35. The lowest BCUT2D eigenvalue weighted by Gasteiger charge is -2.33. The van der Waals surface area contributed by atoms with Crippen molar-refractivity contribution in [2.24, 2.45) is 5.92 Å². The number of piperidine rings is 1. The van der Waals surface area contributed by atoms with E-state index < -0.39 is 27.0 Å². The quantitative estimate of drug-likeness (QED) is 0.623. The summed E-state index contributed by atoms with van der Waals surface area (Å²) in [6.45, 7) is 2.41. The highest BCUT2D eigenvalue weighted by Gasteiger charge is 2.38. The molecular weight excluding hydrogens is 443 g/mol. The van der Waals surface area contributed by atoms with Crippen molar-refractivity contribution in [1.29, 1.82) is 0 Å². The van der Waals surface area contributed by atoms with Gasteiger partial charge in [-0.25, -0.2) is 17.5 Å². The fraction of sp³-hybridized carbons (Fsp3) is 0.480. The van der Waals surface area contributed by atoms with Gasteiger partial charge < -0.3 is 9.64 Å². The average molecular weight is 473 g/mol. The van der Waals surface area contributed by atoms with Gasteiger partial charge in [-0.2, -0.15) is 0 Å². The summed E-state index contributed by atoms with van der Waals surface area (Å²) in [5.74, 6) is -0.570.